The quantitative estimate of drug-likeness (QED) is 0.840. The van der Waals surface area contributed by atoms with Crippen LogP contribution < -0.4 is 10.1 Å². The number of hydrogen-bond donors (Lipinski definition) is 1. The highest BCUT2D eigenvalue weighted by molar-refractivity contribution is 5.45. The van der Waals surface area contributed by atoms with E-state index in [1.165, 1.54) is 6.42 Å². The Labute approximate surface area is 96.0 Å². The van der Waals surface area contributed by atoms with Crippen LogP contribution in [0.3, 0.4) is 0 Å². The molecule has 84 valence electrons. The average molecular weight is 216 g/mol. The summed E-state index contributed by atoms with van der Waals surface area (Å²) in [5, 5.41) is 12.4. The van der Waals surface area contributed by atoms with Crippen LogP contribution >= 0.6 is 0 Å². The molecule has 1 atom stereocenters. The number of hydrogen-bond acceptors (Lipinski definition) is 3. The van der Waals surface area contributed by atoms with Crippen LogP contribution in [0.15, 0.2) is 18.2 Å². The van der Waals surface area contributed by atoms with E-state index in [1.807, 2.05) is 25.1 Å². The number of nitrogens with zero attached hydrogens (tertiary/aromatic N) is 1. The van der Waals surface area contributed by atoms with Crippen LogP contribution in [-0.4, -0.2) is 19.2 Å². The molecule has 0 bridgehead atoms. The largest absolute Gasteiger partial charge is 0.491 e. The summed E-state index contributed by atoms with van der Waals surface area (Å²) in [5.41, 5.74) is 1.71. The summed E-state index contributed by atoms with van der Waals surface area (Å²) in [5.74, 6) is 0.696. The standard InChI is InChI=1S/C13H16N2O/c1-10-4-5-13(11(7-10)8-14)16-9-12-3-2-6-15-12/h4-5,7,12,15H,2-3,6,9H2,1H3. The molecule has 2 rings (SSSR count). The number of benzene rings is 1. The van der Waals surface area contributed by atoms with E-state index >= 15 is 0 Å². The molecule has 1 aliphatic heterocycles. The fourth-order valence-electron chi connectivity index (χ4n) is 1.95. The Bertz CT molecular complexity index is 403. The third kappa shape index (κ3) is 2.53. The Morgan fingerprint density at radius 1 is 1.56 bits per heavy atom. The first-order valence-electron chi connectivity index (χ1n) is 5.66. The molecule has 1 aliphatic rings. The van der Waals surface area contributed by atoms with Gasteiger partial charge in [-0.15, -0.1) is 0 Å². The summed E-state index contributed by atoms with van der Waals surface area (Å²) in [6, 6.07) is 8.31. The second kappa shape index (κ2) is 5.00. The van der Waals surface area contributed by atoms with E-state index in [0.717, 1.165) is 18.5 Å². The summed E-state index contributed by atoms with van der Waals surface area (Å²) in [7, 11) is 0. The maximum atomic E-state index is 8.99. The van der Waals surface area contributed by atoms with Gasteiger partial charge < -0.3 is 10.1 Å². The lowest BCUT2D eigenvalue weighted by Crippen LogP contribution is -2.28. The van der Waals surface area contributed by atoms with Crippen LogP contribution in [0.1, 0.15) is 24.0 Å². The predicted octanol–water partition coefficient (Wildman–Crippen LogP) is 2.00. The van der Waals surface area contributed by atoms with Crippen LogP contribution in [0.4, 0.5) is 0 Å². The third-order valence-corrected chi connectivity index (χ3v) is 2.86. The van der Waals surface area contributed by atoms with Gasteiger partial charge in [-0.2, -0.15) is 5.26 Å². The van der Waals surface area contributed by atoms with Crippen molar-refractivity contribution in [1.82, 2.24) is 5.32 Å². The number of nitriles is 1. The van der Waals surface area contributed by atoms with Crippen LogP contribution in [-0.2, 0) is 0 Å². The lowest BCUT2D eigenvalue weighted by Gasteiger charge is -2.13. The Hall–Kier alpha value is -1.53. The molecule has 0 spiro atoms. The van der Waals surface area contributed by atoms with Crippen molar-refractivity contribution in [2.24, 2.45) is 0 Å². The molecule has 0 aliphatic carbocycles. The van der Waals surface area contributed by atoms with Gasteiger partial charge in [-0.1, -0.05) is 6.07 Å². The smallest absolute Gasteiger partial charge is 0.137 e. The van der Waals surface area contributed by atoms with E-state index in [1.54, 1.807) is 0 Å². The monoisotopic (exact) mass is 216 g/mol. The topological polar surface area (TPSA) is 45.0 Å². The van der Waals surface area contributed by atoms with Gasteiger partial charge in [-0.05, 0) is 44.0 Å². The molecule has 1 aromatic carbocycles. The van der Waals surface area contributed by atoms with E-state index in [0.29, 0.717) is 24.0 Å². The lowest BCUT2D eigenvalue weighted by atomic mass is 10.1. The second-order valence-electron chi connectivity index (χ2n) is 4.22. The molecule has 0 amide bonds. The van der Waals surface area contributed by atoms with Gasteiger partial charge in [-0.25, -0.2) is 0 Å². The van der Waals surface area contributed by atoms with Crippen molar-refractivity contribution in [1.29, 1.82) is 5.26 Å². The minimum atomic E-state index is 0.438. The van der Waals surface area contributed by atoms with Crippen molar-refractivity contribution in [2.75, 3.05) is 13.2 Å². The fourth-order valence-corrected chi connectivity index (χ4v) is 1.95. The van der Waals surface area contributed by atoms with Crippen molar-refractivity contribution in [3.8, 4) is 11.8 Å². The van der Waals surface area contributed by atoms with Gasteiger partial charge in [0.2, 0.25) is 0 Å². The molecule has 1 saturated heterocycles. The SMILES string of the molecule is Cc1ccc(OCC2CCCN2)c(C#N)c1. The van der Waals surface area contributed by atoms with Crippen molar-refractivity contribution >= 4 is 0 Å². The number of rotatable bonds is 3. The summed E-state index contributed by atoms with van der Waals surface area (Å²) in [6.07, 6.45) is 2.38. The van der Waals surface area contributed by atoms with E-state index < -0.39 is 0 Å². The van der Waals surface area contributed by atoms with Gasteiger partial charge in [0.25, 0.3) is 0 Å². The van der Waals surface area contributed by atoms with Crippen LogP contribution in [0.25, 0.3) is 0 Å². The first-order valence-corrected chi connectivity index (χ1v) is 5.66. The normalized spacial score (nSPS) is 19.4. The Balaban J connectivity index is 2.00. The van der Waals surface area contributed by atoms with E-state index in [9.17, 15) is 0 Å². The Morgan fingerprint density at radius 2 is 2.44 bits per heavy atom. The molecule has 1 unspecified atom stereocenters. The highest BCUT2D eigenvalue weighted by Gasteiger charge is 2.15. The molecule has 0 radical (unpaired) electrons. The zero-order chi connectivity index (χ0) is 11.4. The Kier molecular flexibility index (Phi) is 3.43. The van der Waals surface area contributed by atoms with Crippen molar-refractivity contribution in [3.63, 3.8) is 0 Å². The van der Waals surface area contributed by atoms with Crippen molar-refractivity contribution in [3.05, 3.63) is 29.3 Å². The van der Waals surface area contributed by atoms with E-state index in [4.69, 9.17) is 10.00 Å². The molecule has 1 N–H and O–H groups in total. The molecule has 1 aromatic rings. The fraction of sp³-hybridized carbons (Fsp3) is 0.462. The number of aryl methyl sites for hydroxylation is 1. The number of ether oxygens (including phenoxy) is 1. The van der Waals surface area contributed by atoms with Gasteiger partial charge in [0.15, 0.2) is 0 Å². The summed E-state index contributed by atoms with van der Waals surface area (Å²) in [4.78, 5) is 0. The molecule has 1 fully saturated rings. The van der Waals surface area contributed by atoms with Gasteiger partial charge in [0.05, 0.1) is 5.56 Å². The van der Waals surface area contributed by atoms with E-state index in [2.05, 4.69) is 11.4 Å². The predicted molar refractivity (Wildman–Crippen MR) is 62.4 cm³/mol. The van der Waals surface area contributed by atoms with Gasteiger partial charge in [0.1, 0.15) is 18.4 Å². The van der Waals surface area contributed by atoms with E-state index in [-0.39, 0.29) is 0 Å². The maximum Gasteiger partial charge on any atom is 0.137 e. The van der Waals surface area contributed by atoms with Gasteiger partial charge in [0, 0.05) is 6.04 Å². The zero-order valence-corrected chi connectivity index (χ0v) is 9.49. The number of nitrogens with one attached hydrogen (secondary N) is 1. The Morgan fingerprint density at radius 3 is 3.12 bits per heavy atom. The first kappa shape index (κ1) is 11.0. The molecular formula is C13H16N2O. The summed E-state index contributed by atoms with van der Waals surface area (Å²) < 4.78 is 5.68. The molecule has 1 heterocycles. The van der Waals surface area contributed by atoms with Crippen molar-refractivity contribution < 1.29 is 4.74 Å². The van der Waals surface area contributed by atoms with Crippen LogP contribution in [0, 0.1) is 18.3 Å². The zero-order valence-electron chi connectivity index (χ0n) is 9.49. The molecule has 0 aromatic heterocycles. The van der Waals surface area contributed by atoms with Gasteiger partial charge >= 0.3 is 0 Å². The van der Waals surface area contributed by atoms with Crippen molar-refractivity contribution in [2.45, 2.75) is 25.8 Å². The van der Waals surface area contributed by atoms with Gasteiger partial charge in [-0.3, -0.25) is 0 Å². The third-order valence-electron chi connectivity index (χ3n) is 2.86. The minimum absolute atomic E-state index is 0.438. The van der Waals surface area contributed by atoms with Crippen LogP contribution in [0.2, 0.25) is 0 Å². The molecule has 16 heavy (non-hydrogen) atoms. The first-order chi connectivity index (χ1) is 7.79. The minimum Gasteiger partial charge on any atom is -0.491 e. The second-order valence-corrected chi connectivity index (χ2v) is 4.22. The molecule has 0 saturated carbocycles. The lowest BCUT2D eigenvalue weighted by molar-refractivity contribution is 0.276. The summed E-state index contributed by atoms with van der Waals surface area (Å²) >= 11 is 0. The highest BCUT2D eigenvalue weighted by atomic mass is 16.5. The molecular weight excluding hydrogens is 200 g/mol. The molecule has 3 heteroatoms. The maximum absolute atomic E-state index is 8.99. The summed E-state index contributed by atoms with van der Waals surface area (Å²) in [6.45, 7) is 3.70. The average Bonchev–Trinajstić information content (AvgIpc) is 2.80. The van der Waals surface area contributed by atoms with Crippen LogP contribution in [0.5, 0.6) is 5.75 Å². The highest BCUT2D eigenvalue weighted by Crippen LogP contribution is 2.19. The molecule has 3 nitrogen and oxygen atoms in total.